The summed E-state index contributed by atoms with van der Waals surface area (Å²) in [5, 5.41) is 6.17. The Morgan fingerprint density at radius 2 is 1.97 bits per heavy atom. The molecule has 0 spiro atoms. The van der Waals surface area contributed by atoms with Gasteiger partial charge < -0.3 is 15.2 Å². The Morgan fingerprint density at radius 3 is 2.62 bits per heavy atom. The molecule has 0 radical (unpaired) electrons. The number of hydrogen-bond donors (Lipinski definition) is 2. The van der Waals surface area contributed by atoms with Gasteiger partial charge in [-0.2, -0.15) is 0 Å². The molecule has 1 aliphatic carbocycles. The average molecular weight is 397 g/mol. The van der Waals surface area contributed by atoms with Gasteiger partial charge in [0.25, 0.3) is 5.91 Å². The topological polar surface area (TPSA) is 76.0 Å². The number of amides is 2. The molecule has 156 valence electrons. The van der Waals surface area contributed by atoms with Crippen molar-refractivity contribution in [2.45, 2.75) is 71.3 Å². The summed E-state index contributed by atoms with van der Waals surface area (Å²) in [4.78, 5) is 30.4. The van der Waals surface area contributed by atoms with Gasteiger partial charge in [-0.3, -0.25) is 14.6 Å². The Labute approximate surface area is 173 Å². The van der Waals surface area contributed by atoms with Gasteiger partial charge in [-0.25, -0.2) is 0 Å². The summed E-state index contributed by atoms with van der Waals surface area (Å²) >= 11 is 0. The van der Waals surface area contributed by atoms with E-state index in [1.54, 1.807) is 12.4 Å². The molecular formula is C23H32N4O2. The summed E-state index contributed by atoms with van der Waals surface area (Å²) in [7, 11) is 0. The highest BCUT2D eigenvalue weighted by atomic mass is 16.2. The SMILES string of the molecule is CCCCNC(=O)C1(NC(=O)c2cc(C)n(-c3cccnc3)c2C)CCCCC1. The van der Waals surface area contributed by atoms with Gasteiger partial charge in [-0.15, -0.1) is 0 Å². The summed E-state index contributed by atoms with van der Waals surface area (Å²) in [5.41, 5.74) is 2.54. The van der Waals surface area contributed by atoms with Gasteiger partial charge in [0.2, 0.25) is 5.91 Å². The van der Waals surface area contributed by atoms with Crippen LogP contribution in [0.25, 0.3) is 5.69 Å². The summed E-state index contributed by atoms with van der Waals surface area (Å²) in [6.07, 6.45) is 9.89. The van der Waals surface area contributed by atoms with E-state index in [-0.39, 0.29) is 11.8 Å². The maximum atomic E-state index is 13.3. The van der Waals surface area contributed by atoms with Crippen molar-refractivity contribution in [3.05, 3.63) is 47.5 Å². The molecule has 0 unspecified atom stereocenters. The number of aromatic nitrogens is 2. The van der Waals surface area contributed by atoms with Crippen molar-refractivity contribution in [2.24, 2.45) is 0 Å². The van der Waals surface area contributed by atoms with Crippen LogP contribution in [0.1, 0.15) is 73.6 Å². The first-order chi connectivity index (χ1) is 14.0. The highest BCUT2D eigenvalue weighted by molar-refractivity contribution is 6.00. The fourth-order valence-corrected chi connectivity index (χ4v) is 4.27. The van der Waals surface area contributed by atoms with Crippen LogP contribution < -0.4 is 10.6 Å². The lowest BCUT2D eigenvalue weighted by atomic mass is 9.80. The molecule has 6 heteroatoms. The molecule has 0 saturated heterocycles. The molecule has 2 amide bonds. The third-order valence-corrected chi connectivity index (χ3v) is 5.89. The van der Waals surface area contributed by atoms with Crippen LogP contribution in [-0.4, -0.2) is 33.4 Å². The molecule has 0 aliphatic heterocycles. The normalized spacial score (nSPS) is 15.7. The quantitative estimate of drug-likeness (QED) is 0.698. The molecule has 3 rings (SSSR count). The number of nitrogens with one attached hydrogen (secondary N) is 2. The zero-order valence-electron chi connectivity index (χ0n) is 17.8. The second-order valence-electron chi connectivity index (χ2n) is 8.04. The minimum Gasteiger partial charge on any atom is -0.354 e. The second-order valence-corrected chi connectivity index (χ2v) is 8.04. The molecular weight excluding hydrogens is 364 g/mol. The van der Waals surface area contributed by atoms with Crippen molar-refractivity contribution in [1.29, 1.82) is 0 Å². The molecule has 2 heterocycles. The lowest BCUT2D eigenvalue weighted by Crippen LogP contribution is -2.59. The van der Waals surface area contributed by atoms with E-state index in [1.165, 1.54) is 0 Å². The molecule has 2 aromatic heterocycles. The maximum Gasteiger partial charge on any atom is 0.253 e. The van der Waals surface area contributed by atoms with Gasteiger partial charge in [0.15, 0.2) is 0 Å². The van der Waals surface area contributed by atoms with Gasteiger partial charge in [-0.05, 0) is 51.3 Å². The van der Waals surface area contributed by atoms with Crippen LogP contribution in [0.2, 0.25) is 0 Å². The predicted octanol–water partition coefficient (Wildman–Crippen LogP) is 3.84. The molecule has 2 aromatic rings. The van der Waals surface area contributed by atoms with Crippen molar-refractivity contribution < 1.29 is 9.59 Å². The molecule has 1 saturated carbocycles. The number of rotatable bonds is 7. The van der Waals surface area contributed by atoms with E-state index in [0.717, 1.165) is 49.2 Å². The number of aryl methyl sites for hydroxylation is 1. The summed E-state index contributed by atoms with van der Waals surface area (Å²) in [5.74, 6) is -0.221. The van der Waals surface area contributed by atoms with Gasteiger partial charge >= 0.3 is 0 Å². The number of carbonyl (C=O) groups is 2. The first-order valence-electron chi connectivity index (χ1n) is 10.7. The Bertz CT molecular complexity index is 851. The molecule has 0 atom stereocenters. The summed E-state index contributed by atoms with van der Waals surface area (Å²) < 4.78 is 2.02. The second kappa shape index (κ2) is 9.25. The largest absolute Gasteiger partial charge is 0.354 e. The van der Waals surface area contributed by atoms with Crippen LogP contribution >= 0.6 is 0 Å². The fraction of sp³-hybridized carbons (Fsp3) is 0.522. The average Bonchev–Trinajstić information content (AvgIpc) is 3.03. The number of nitrogens with zero attached hydrogens (tertiary/aromatic N) is 2. The highest BCUT2D eigenvalue weighted by Gasteiger charge is 2.41. The van der Waals surface area contributed by atoms with E-state index in [9.17, 15) is 9.59 Å². The van der Waals surface area contributed by atoms with E-state index >= 15 is 0 Å². The van der Waals surface area contributed by atoms with Crippen LogP contribution in [-0.2, 0) is 4.79 Å². The van der Waals surface area contributed by atoms with Gasteiger partial charge in [0.05, 0.1) is 17.4 Å². The van der Waals surface area contributed by atoms with Gasteiger partial charge in [0.1, 0.15) is 5.54 Å². The third kappa shape index (κ3) is 4.52. The van der Waals surface area contributed by atoms with Crippen LogP contribution in [0, 0.1) is 13.8 Å². The first kappa shape index (κ1) is 21.1. The smallest absolute Gasteiger partial charge is 0.253 e. The van der Waals surface area contributed by atoms with Gasteiger partial charge in [0, 0.05) is 24.1 Å². The predicted molar refractivity (Wildman–Crippen MR) is 114 cm³/mol. The van der Waals surface area contributed by atoms with Crippen LogP contribution in [0.15, 0.2) is 30.6 Å². The molecule has 0 bridgehead atoms. The zero-order chi connectivity index (χ0) is 20.9. The Morgan fingerprint density at radius 1 is 1.21 bits per heavy atom. The molecule has 0 aromatic carbocycles. The highest BCUT2D eigenvalue weighted by Crippen LogP contribution is 2.30. The van der Waals surface area contributed by atoms with Crippen molar-refractivity contribution in [2.75, 3.05) is 6.54 Å². The number of carbonyl (C=O) groups excluding carboxylic acids is 2. The lowest BCUT2D eigenvalue weighted by Gasteiger charge is -2.36. The van der Waals surface area contributed by atoms with E-state index in [0.29, 0.717) is 24.9 Å². The van der Waals surface area contributed by atoms with Crippen molar-refractivity contribution in [1.82, 2.24) is 20.2 Å². The zero-order valence-corrected chi connectivity index (χ0v) is 17.8. The number of pyridine rings is 1. The van der Waals surface area contributed by atoms with Crippen LogP contribution in [0.3, 0.4) is 0 Å². The van der Waals surface area contributed by atoms with Crippen molar-refractivity contribution in [3.63, 3.8) is 0 Å². The molecule has 1 fully saturated rings. The minimum atomic E-state index is -0.806. The Kier molecular flexibility index (Phi) is 6.72. The molecule has 1 aliphatic rings. The van der Waals surface area contributed by atoms with Crippen LogP contribution in [0.4, 0.5) is 0 Å². The van der Waals surface area contributed by atoms with Crippen molar-refractivity contribution >= 4 is 11.8 Å². The Balaban J connectivity index is 1.84. The van der Waals surface area contributed by atoms with Gasteiger partial charge in [-0.1, -0.05) is 32.6 Å². The minimum absolute atomic E-state index is 0.0416. The summed E-state index contributed by atoms with van der Waals surface area (Å²) in [6.45, 7) is 6.67. The van der Waals surface area contributed by atoms with Crippen LogP contribution in [0.5, 0.6) is 0 Å². The Hall–Kier alpha value is -2.63. The third-order valence-electron chi connectivity index (χ3n) is 5.89. The lowest BCUT2D eigenvalue weighted by molar-refractivity contribution is -0.128. The van der Waals surface area contributed by atoms with E-state index < -0.39 is 5.54 Å². The monoisotopic (exact) mass is 396 g/mol. The molecule has 29 heavy (non-hydrogen) atoms. The standard InChI is InChI=1S/C23H32N4O2/c1-4-5-14-25-22(29)23(11-7-6-8-12-23)26-21(28)20-15-17(2)27(18(20)3)19-10-9-13-24-16-19/h9-10,13,15-16H,4-8,11-12,14H2,1-3H3,(H,25,29)(H,26,28). The maximum absolute atomic E-state index is 13.3. The fourth-order valence-electron chi connectivity index (χ4n) is 4.27. The number of hydrogen-bond acceptors (Lipinski definition) is 3. The van der Waals surface area contributed by atoms with E-state index in [1.807, 2.05) is 36.6 Å². The molecule has 2 N–H and O–H groups in total. The van der Waals surface area contributed by atoms with E-state index in [2.05, 4.69) is 22.5 Å². The molecule has 6 nitrogen and oxygen atoms in total. The van der Waals surface area contributed by atoms with Crippen molar-refractivity contribution in [3.8, 4) is 5.69 Å². The number of unbranched alkanes of at least 4 members (excludes halogenated alkanes) is 1. The summed E-state index contributed by atoms with van der Waals surface area (Å²) in [6, 6.07) is 5.74. The van der Waals surface area contributed by atoms with E-state index in [4.69, 9.17) is 0 Å². The first-order valence-corrected chi connectivity index (χ1v) is 10.7.